The third-order valence-corrected chi connectivity index (χ3v) is 6.57. The standard InChI is InChI=1S/C26H35N3O4/c1-19-16-28(17-20(2)33-19)18-22-10-12-29(13-11-22)26(31)23(15-21-7-4-3-5-8-21)27-25(30)24-9-6-14-32-24/h3-9,14,19-20,22-23H,10-13,15-18H2,1-2H3,(H,27,30). The number of likely N-dealkylation sites (tertiary alicyclic amines) is 1. The average Bonchev–Trinajstić information content (AvgIpc) is 3.34. The van der Waals surface area contributed by atoms with E-state index in [0.29, 0.717) is 12.3 Å². The Kier molecular flexibility index (Phi) is 7.83. The summed E-state index contributed by atoms with van der Waals surface area (Å²) in [6.07, 6.45) is 4.42. The maximum absolute atomic E-state index is 13.4. The van der Waals surface area contributed by atoms with Gasteiger partial charge in [-0.05, 0) is 50.3 Å². The van der Waals surface area contributed by atoms with Crippen LogP contribution in [0.4, 0.5) is 0 Å². The van der Waals surface area contributed by atoms with E-state index in [-0.39, 0.29) is 29.8 Å². The van der Waals surface area contributed by atoms with E-state index in [9.17, 15) is 9.59 Å². The summed E-state index contributed by atoms with van der Waals surface area (Å²) in [5.74, 6) is 0.413. The molecule has 2 fully saturated rings. The van der Waals surface area contributed by atoms with E-state index in [4.69, 9.17) is 9.15 Å². The number of amides is 2. The monoisotopic (exact) mass is 453 g/mol. The second-order valence-corrected chi connectivity index (χ2v) is 9.44. The molecule has 3 atom stereocenters. The first-order valence-corrected chi connectivity index (χ1v) is 12.0. The predicted octanol–water partition coefficient (Wildman–Crippen LogP) is 2.97. The summed E-state index contributed by atoms with van der Waals surface area (Å²) in [5, 5.41) is 2.91. The van der Waals surface area contributed by atoms with Gasteiger partial charge in [0.05, 0.1) is 18.5 Å². The van der Waals surface area contributed by atoms with Gasteiger partial charge >= 0.3 is 0 Å². The third-order valence-electron chi connectivity index (χ3n) is 6.57. The van der Waals surface area contributed by atoms with Crippen molar-refractivity contribution in [1.82, 2.24) is 15.1 Å². The van der Waals surface area contributed by atoms with Crippen LogP contribution in [0.1, 0.15) is 42.8 Å². The van der Waals surface area contributed by atoms with Gasteiger partial charge in [0.1, 0.15) is 6.04 Å². The van der Waals surface area contributed by atoms with Gasteiger partial charge in [-0.3, -0.25) is 14.5 Å². The van der Waals surface area contributed by atoms with Gasteiger partial charge < -0.3 is 19.4 Å². The Morgan fingerprint density at radius 2 is 1.73 bits per heavy atom. The Morgan fingerprint density at radius 3 is 2.36 bits per heavy atom. The minimum atomic E-state index is -0.623. The van der Waals surface area contributed by atoms with Gasteiger partial charge in [-0.1, -0.05) is 30.3 Å². The van der Waals surface area contributed by atoms with Gasteiger partial charge in [-0.25, -0.2) is 0 Å². The van der Waals surface area contributed by atoms with Crippen LogP contribution in [0.25, 0.3) is 0 Å². The normalized spacial score (nSPS) is 23.3. The average molecular weight is 454 g/mol. The van der Waals surface area contributed by atoms with Gasteiger partial charge in [0.25, 0.3) is 5.91 Å². The van der Waals surface area contributed by atoms with Crippen LogP contribution in [-0.4, -0.2) is 72.6 Å². The number of carbonyl (C=O) groups excluding carboxylic acids is 2. The van der Waals surface area contributed by atoms with Gasteiger partial charge in [-0.15, -0.1) is 0 Å². The highest BCUT2D eigenvalue weighted by atomic mass is 16.5. The SMILES string of the molecule is CC1CN(CC2CCN(C(=O)C(Cc3ccccc3)NC(=O)c3ccco3)CC2)CC(C)O1. The number of rotatable bonds is 7. The number of piperidine rings is 1. The van der Waals surface area contributed by atoms with Crippen LogP contribution < -0.4 is 5.32 Å². The van der Waals surface area contributed by atoms with E-state index < -0.39 is 6.04 Å². The second kappa shape index (κ2) is 11.0. The summed E-state index contributed by atoms with van der Waals surface area (Å²) in [6, 6.07) is 12.5. The first-order chi connectivity index (χ1) is 16.0. The van der Waals surface area contributed by atoms with Crippen molar-refractivity contribution in [2.75, 3.05) is 32.7 Å². The van der Waals surface area contributed by atoms with Gasteiger partial charge in [0, 0.05) is 39.1 Å². The fourth-order valence-electron chi connectivity index (χ4n) is 5.04. The Hall–Kier alpha value is -2.64. The van der Waals surface area contributed by atoms with E-state index in [1.807, 2.05) is 35.2 Å². The molecular weight excluding hydrogens is 418 g/mol. The Morgan fingerprint density at radius 1 is 1.03 bits per heavy atom. The van der Waals surface area contributed by atoms with Crippen LogP contribution in [0.15, 0.2) is 53.1 Å². The molecule has 2 amide bonds. The molecule has 3 heterocycles. The molecule has 0 radical (unpaired) electrons. The van der Waals surface area contributed by atoms with E-state index in [1.165, 1.54) is 6.26 Å². The molecular formula is C26H35N3O4. The molecule has 7 nitrogen and oxygen atoms in total. The molecule has 0 saturated carbocycles. The number of benzene rings is 1. The fourth-order valence-corrected chi connectivity index (χ4v) is 5.04. The Balaban J connectivity index is 1.35. The minimum absolute atomic E-state index is 0.0224. The summed E-state index contributed by atoms with van der Waals surface area (Å²) in [6.45, 7) is 8.72. The molecule has 33 heavy (non-hydrogen) atoms. The maximum Gasteiger partial charge on any atom is 0.287 e. The molecule has 2 aliphatic rings. The van der Waals surface area contributed by atoms with Crippen molar-refractivity contribution in [3.05, 3.63) is 60.1 Å². The smallest absolute Gasteiger partial charge is 0.287 e. The predicted molar refractivity (Wildman–Crippen MR) is 126 cm³/mol. The zero-order chi connectivity index (χ0) is 23.2. The summed E-state index contributed by atoms with van der Waals surface area (Å²) >= 11 is 0. The lowest BCUT2D eigenvalue weighted by Gasteiger charge is -2.40. The van der Waals surface area contributed by atoms with Gasteiger partial charge in [-0.2, -0.15) is 0 Å². The molecule has 0 bridgehead atoms. The maximum atomic E-state index is 13.4. The van der Waals surface area contributed by atoms with Crippen LogP contribution in [0.3, 0.4) is 0 Å². The molecule has 2 aromatic rings. The molecule has 7 heteroatoms. The number of furan rings is 1. The first-order valence-electron chi connectivity index (χ1n) is 12.0. The zero-order valence-electron chi connectivity index (χ0n) is 19.6. The van der Waals surface area contributed by atoms with E-state index in [0.717, 1.165) is 51.1 Å². The van der Waals surface area contributed by atoms with Crippen LogP contribution >= 0.6 is 0 Å². The molecule has 2 saturated heterocycles. The van der Waals surface area contributed by atoms with Crippen molar-refractivity contribution < 1.29 is 18.7 Å². The molecule has 1 aromatic carbocycles. The number of ether oxygens (including phenoxy) is 1. The second-order valence-electron chi connectivity index (χ2n) is 9.44. The molecule has 4 rings (SSSR count). The lowest BCUT2D eigenvalue weighted by atomic mass is 9.94. The molecule has 178 valence electrons. The summed E-state index contributed by atoms with van der Waals surface area (Å²) in [7, 11) is 0. The van der Waals surface area contributed by atoms with Gasteiger partial charge in [0.2, 0.25) is 5.91 Å². The van der Waals surface area contributed by atoms with Crippen molar-refractivity contribution in [3.63, 3.8) is 0 Å². The highest BCUT2D eigenvalue weighted by molar-refractivity contribution is 5.95. The molecule has 0 spiro atoms. The highest BCUT2D eigenvalue weighted by Crippen LogP contribution is 2.22. The molecule has 3 unspecified atom stereocenters. The van der Waals surface area contributed by atoms with E-state index in [1.54, 1.807) is 12.1 Å². The quantitative estimate of drug-likeness (QED) is 0.698. The van der Waals surface area contributed by atoms with Crippen LogP contribution in [0.2, 0.25) is 0 Å². The van der Waals surface area contributed by atoms with Gasteiger partial charge in [0.15, 0.2) is 5.76 Å². The number of morpholine rings is 1. The van der Waals surface area contributed by atoms with Crippen molar-refractivity contribution in [3.8, 4) is 0 Å². The Bertz CT molecular complexity index is 884. The molecule has 2 aliphatic heterocycles. The summed E-state index contributed by atoms with van der Waals surface area (Å²) in [4.78, 5) is 30.5. The summed E-state index contributed by atoms with van der Waals surface area (Å²) in [5.41, 5.74) is 1.01. The highest BCUT2D eigenvalue weighted by Gasteiger charge is 2.32. The lowest BCUT2D eigenvalue weighted by molar-refractivity contribution is -0.134. The zero-order valence-corrected chi connectivity index (χ0v) is 19.6. The summed E-state index contributed by atoms with van der Waals surface area (Å²) < 4.78 is 11.1. The molecule has 0 aliphatic carbocycles. The van der Waals surface area contributed by atoms with E-state index in [2.05, 4.69) is 24.1 Å². The van der Waals surface area contributed by atoms with Crippen LogP contribution in [0, 0.1) is 5.92 Å². The number of hydrogen-bond acceptors (Lipinski definition) is 5. The minimum Gasteiger partial charge on any atom is -0.459 e. The lowest BCUT2D eigenvalue weighted by Crippen LogP contribution is -2.53. The largest absolute Gasteiger partial charge is 0.459 e. The van der Waals surface area contributed by atoms with Crippen molar-refractivity contribution in [2.24, 2.45) is 5.92 Å². The molecule has 1 N–H and O–H groups in total. The number of carbonyl (C=O) groups is 2. The van der Waals surface area contributed by atoms with Crippen molar-refractivity contribution in [2.45, 2.75) is 51.4 Å². The van der Waals surface area contributed by atoms with Crippen molar-refractivity contribution >= 4 is 11.8 Å². The number of nitrogens with one attached hydrogen (secondary N) is 1. The number of nitrogens with zero attached hydrogens (tertiary/aromatic N) is 2. The van der Waals surface area contributed by atoms with E-state index >= 15 is 0 Å². The first kappa shape index (κ1) is 23.5. The molecule has 1 aromatic heterocycles. The van der Waals surface area contributed by atoms with Crippen molar-refractivity contribution in [1.29, 1.82) is 0 Å². The topological polar surface area (TPSA) is 75.0 Å². The Labute approximate surface area is 196 Å². The fraction of sp³-hybridized carbons (Fsp3) is 0.538. The number of hydrogen-bond donors (Lipinski definition) is 1. The third kappa shape index (κ3) is 6.45. The van der Waals surface area contributed by atoms with Crippen LogP contribution in [-0.2, 0) is 16.0 Å². The van der Waals surface area contributed by atoms with Crippen LogP contribution in [0.5, 0.6) is 0 Å².